The van der Waals surface area contributed by atoms with Crippen molar-refractivity contribution in [2.75, 3.05) is 6.54 Å². The fourth-order valence-corrected chi connectivity index (χ4v) is 1.68. The second-order valence-corrected chi connectivity index (χ2v) is 4.35. The summed E-state index contributed by atoms with van der Waals surface area (Å²) in [6.45, 7) is 3.96. The van der Waals surface area contributed by atoms with Gasteiger partial charge >= 0.3 is 0 Å². The molecule has 0 saturated carbocycles. The third kappa shape index (κ3) is 2.12. The highest BCUT2D eigenvalue weighted by Gasteiger charge is 2.35. The fraction of sp³-hybridized carbons (Fsp3) is 0.800. The van der Waals surface area contributed by atoms with Gasteiger partial charge in [0.1, 0.15) is 0 Å². The Morgan fingerprint density at radius 2 is 1.64 bits per heavy atom. The highest BCUT2D eigenvalue weighted by Crippen LogP contribution is 2.21. The first-order chi connectivity index (χ1) is 6.49. The van der Waals surface area contributed by atoms with E-state index in [1.165, 1.54) is 4.90 Å². The molecule has 0 unspecified atom stereocenters. The molecule has 1 fully saturated rings. The van der Waals surface area contributed by atoms with E-state index in [0.29, 0.717) is 19.4 Å². The van der Waals surface area contributed by atoms with Crippen molar-refractivity contribution in [3.63, 3.8) is 0 Å². The fourth-order valence-electron chi connectivity index (χ4n) is 1.68. The summed E-state index contributed by atoms with van der Waals surface area (Å²) >= 11 is 0. The van der Waals surface area contributed by atoms with Crippen molar-refractivity contribution in [1.29, 1.82) is 0 Å². The summed E-state index contributed by atoms with van der Waals surface area (Å²) in [6, 6.07) is 0. The zero-order valence-corrected chi connectivity index (χ0v) is 8.88. The topological polar surface area (TPSA) is 63.4 Å². The van der Waals surface area contributed by atoms with Gasteiger partial charge in [-0.05, 0) is 26.7 Å². The summed E-state index contributed by atoms with van der Waals surface area (Å²) in [4.78, 5) is 24.7. The predicted octanol–water partition coefficient (Wildman–Crippen LogP) is 0.653. The monoisotopic (exact) mass is 198 g/mol. The predicted molar refractivity (Wildman–Crippen MR) is 53.5 cm³/mol. The third-order valence-corrected chi connectivity index (χ3v) is 2.63. The maximum absolute atomic E-state index is 11.7. The molecule has 1 heterocycles. The lowest BCUT2D eigenvalue weighted by Crippen LogP contribution is -2.54. The van der Waals surface area contributed by atoms with Crippen LogP contribution in [-0.4, -0.2) is 28.8 Å². The average Bonchev–Trinajstić information content (AvgIpc) is 2.27. The second-order valence-electron chi connectivity index (χ2n) is 4.35. The molecule has 1 rings (SSSR count). The van der Waals surface area contributed by atoms with Gasteiger partial charge in [-0.1, -0.05) is 0 Å². The third-order valence-electron chi connectivity index (χ3n) is 2.63. The quantitative estimate of drug-likeness (QED) is 0.663. The van der Waals surface area contributed by atoms with E-state index in [0.717, 1.165) is 12.8 Å². The first kappa shape index (κ1) is 11.2. The number of carbonyl (C=O) groups excluding carboxylic acids is 2. The molecule has 0 aromatic heterocycles. The lowest BCUT2D eigenvalue weighted by Gasteiger charge is -2.35. The Labute approximate surface area is 84.4 Å². The van der Waals surface area contributed by atoms with Crippen LogP contribution in [0, 0.1) is 0 Å². The van der Waals surface area contributed by atoms with Gasteiger partial charge in [0.05, 0.1) is 5.54 Å². The minimum Gasteiger partial charge on any atom is -0.328 e. The van der Waals surface area contributed by atoms with E-state index in [-0.39, 0.29) is 11.8 Å². The van der Waals surface area contributed by atoms with Crippen molar-refractivity contribution in [2.45, 2.75) is 45.1 Å². The standard InChI is InChI=1S/C10H18N2O2/c1-10(2,7-11)12-8(13)5-3-4-6-9(12)14/h3-7,11H2,1-2H3. The number of hydrogen-bond acceptors (Lipinski definition) is 3. The van der Waals surface area contributed by atoms with Crippen molar-refractivity contribution in [1.82, 2.24) is 4.90 Å². The van der Waals surface area contributed by atoms with E-state index >= 15 is 0 Å². The molecule has 4 nitrogen and oxygen atoms in total. The largest absolute Gasteiger partial charge is 0.328 e. The van der Waals surface area contributed by atoms with Gasteiger partial charge in [0.2, 0.25) is 11.8 Å². The average molecular weight is 198 g/mol. The number of nitrogens with two attached hydrogens (primary N) is 1. The first-order valence-electron chi connectivity index (χ1n) is 5.05. The zero-order chi connectivity index (χ0) is 10.8. The molecule has 4 heteroatoms. The van der Waals surface area contributed by atoms with Crippen molar-refractivity contribution < 1.29 is 9.59 Å². The number of amides is 2. The maximum Gasteiger partial charge on any atom is 0.229 e. The minimum absolute atomic E-state index is 0.0806. The Kier molecular flexibility index (Phi) is 3.26. The summed E-state index contributed by atoms with van der Waals surface area (Å²) in [6.07, 6.45) is 2.55. The van der Waals surface area contributed by atoms with Gasteiger partial charge in [-0.15, -0.1) is 0 Å². The highest BCUT2D eigenvalue weighted by atomic mass is 16.2. The molecular weight excluding hydrogens is 180 g/mol. The van der Waals surface area contributed by atoms with Crippen LogP contribution in [0.1, 0.15) is 39.5 Å². The summed E-state index contributed by atoms with van der Waals surface area (Å²) in [5.74, 6) is -0.161. The normalized spacial score (nSPS) is 19.8. The lowest BCUT2D eigenvalue weighted by molar-refractivity contribution is -0.149. The van der Waals surface area contributed by atoms with E-state index in [4.69, 9.17) is 5.73 Å². The number of hydrogen-bond donors (Lipinski definition) is 1. The molecule has 0 spiro atoms. The number of nitrogens with zero attached hydrogens (tertiary/aromatic N) is 1. The van der Waals surface area contributed by atoms with E-state index in [1.807, 2.05) is 13.8 Å². The van der Waals surface area contributed by atoms with E-state index in [1.54, 1.807) is 0 Å². The van der Waals surface area contributed by atoms with E-state index < -0.39 is 5.54 Å². The molecule has 14 heavy (non-hydrogen) atoms. The van der Waals surface area contributed by atoms with Crippen LogP contribution in [0.15, 0.2) is 0 Å². The lowest BCUT2D eigenvalue weighted by atomic mass is 10.0. The van der Waals surface area contributed by atoms with Crippen LogP contribution in [0.3, 0.4) is 0 Å². The van der Waals surface area contributed by atoms with Crippen molar-refractivity contribution in [2.24, 2.45) is 5.73 Å². The molecule has 1 saturated heterocycles. The second kappa shape index (κ2) is 4.09. The van der Waals surface area contributed by atoms with Gasteiger partial charge in [0.25, 0.3) is 0 Å². The van der Waals surface area contributed by atoms with Crippen LogP contribution in [0.5, 0.6) is 0 Å². The number of carbonyl (C=O) groups is 2. The smallest absolute Gasteiger partial charge is 0.229 e. The Balaban J connectivity index is 2.90. The summed E-state index contributed by atoms with van der Waals surface area (Å²) < 4.78 is 0. The van der Waals surface area contributed by atoms with Crippen LogP contribution < -0.4 is 5.73 Å². The molecular formula is C10H18N2O2. The SMILES string of the molecule is CC(C)(CN)N1C(=O)CCCCC1=O. The molecule has 1 aliphatic heterocycles. The van der Waals surface area contributed by atoms with Crippen molar-refractivity contribution in [3.05, 3.63) is 0 Å². The molecule has 2 N–H and O–H groups in total. The van der Waals surface area contributed by atoms with Crippen molar-refractivity contribution in [3.8, 4) is 0 Å². The molecule has 1 aliphatic rings. The van der Waals surface area contributed by atoms with Gasteiger partial charge in [-0.25, -0.2) is 0 Å². The molecule has 0 atom stereocenters. The Morgan fingerprint density at radius 1 is 1.21 bits per heavy atom. The Morgan fingerprint density at radius 3 is 2.00 bits per heavy atom. The molecule has 0 bridgehead atoms. The van der Waals surface area contributed by atoms with Gasteiger partial charge in [0.15, 0.2) is 0 Å². The van der Waals surface area contributed by atoms with Gasteiger partial charge in [-0.2, -0.15) is 0 Å². The summed E-state index contributed by atoms with van der Waals surface area (Å²) in [5.41, 5.74) is 5.02. The minimum atomic E-state index is -0.543. The first-order valence-corrected chi connectivity index (χ1v) is 5.05. The molecule has 0 aliphatic carbocycles. The van der Waals surface area contributed by atoms with Crippen LogP contribution in [0.4, 0.5) is 0 Å². The van der Waals surface area contributed by atoms with E-state index in [9.17, 15) is 9.59 Å². The molecule has 0 aromatic rings. The summed E-state index contributed by atoms with van der Waals surface area (Å²) in [7, 11) is 0. The van der Waals surface area contributed by atoms with E-state index in [2.05, 4.69) is 0 Å². The van der Waals surface area contributed by atoms with Gasteiger partial charge in [-0.3, -0.25) is 14.5 Å². The van der Waals surface area contributed by atoms with Crippen molar-refractivity contribution >= 4 is 11.8 Å². The Bertz CT molecular complexity index is 231. The van der Waals surface area contributed by atoms with Crippen LogP contribution in [0.2, 0.25) is 0 Å². The molecule has 80 valence electrons. The molecule has 0 radical (unpaired) electrons. The number of rotatable bonds is 2. The van der Waals surface area contributed by atoms with Gasteiger partial charge < -0.3 is 5.73 Å². The van der Waals surface area contributed by atoms with Crippen LogP contribution >= 0.6 is 0 Å². The van der Waals surface area contributed by atoms with Gasteiger partial charge in [0, 0.05) is 19.4 Å². The highest BCUT2D eigenvalue weighted by molar-refractivity contribution is 5.96. The van der Waals surface area contributed by atoms with Crippen LogP contribution in [-0.2, 0) is 9.59 Å². The summed E-state index contributed by atoms with van der Waals surface area (Å²) in [5, 5.41) is 0. The number of imide groups is 1. The van der Waals surface area contributed by atoms with Crippen LogP contribution in [0.25, 0.3) is 0 Å². The molecule has 2 amide bonds. The Hall–Kier alpha value is -0.900. The number of likely N-dealkylation sites (tertiary alicyclic amines) is 1. The zero-order valence-electron chi connectivity index (χ0n) is 8.88. The maximum atomic E-state index is 11.7. The molecule has 0 aromatic carbocycles.